The molecule has 0 atom stereocenters. The summed E-state index contributed by atoms with van der Waals surface area (Å²) < 4.78 is 0. The molecule has 0 aliphatic heterocycles. The molecule has 0 unspecified atom stereocenters. The van der Waals surface area contributed by atoms with Crippen LogP contribution in [0.5, 0.6) is 5.75 Å². The van der Waals surface area contributed by atoms with Crippen molar-refractivity contribution in [1.29, 1.82) is 0 Å². The first-order valence-corrected chi connectivity index (χ1v) is 9.78. The van der Waals surface area contributed by atoms with E-state index in [1.54, 1.807) is 10.8 Å². The Balaban J connectivity index is 1.62. The number of aromatic hydroxyl groups is 1. The number of anilines is 1. The van der Waals surface area contributed by atoms with E-state index in [0.717, 1.165) is 16.3 Å². The maximum Gasteiger partial charge on any atom is 0.358 e. The molecule has 4 aromatic rings. The predicted molar refractivity (Wildman–Crippen MR) is 113 cm³/mol. The summed E-state index contributed by atoms with van der Waals surface area (Å²) in [6, 6.07) is 13.5. The fraction of sp³-hybridized carbons (Fsp3) is 0.0476. The molecule has 0 saturated carbocycles. The molecule has 0 saturated heterocycles. The zero-order valence-electron chi connectivity index (χ0n) is 15.4. The third kappa shape index (κ3) is 3.65. The fourth-order valence-corrected chi connectivity index (χ4v) is 3.90. The van der Waals surface area contributed by atoms with Gasteiger partial charge in [0.05, 0.1) is 17.7 Å². The lowest BCUT2D eigenvalue weighted by atomic mass is 10.0. The topological polar surface area (TPSA) is 132 Å². The molecule has 2 aromatic heterocycles. The minimum Gasteiger partial charge on any atom is -0.501 e. The zero-order chi connectivity index (χ0) is 21.3. The number of aromatic amines is 1. The number of aromatic carboxylic acids is 1. The van der Waals surface area contributed by atoms with Crippen LogP contribution in [0.15, 0.2) is 58.0 Å². The van der Waals surface area contributed by atoms with Crippen molar-refractivity contribution >= 4 is 39.7 Å². The second kappa shape index (κ2) is 7.80. The van der Waals surface area contributed by atoms with Crippen molar-refractivity contribution in [1.82, 2.24) is 9.97 Å². The lowest BCUT2D eigenvalue weighted by Crippen LogP contribution is -2.17. The van der Waals surface area contributed by atoms with Gasteiger partial charge in [0.25, 0.3) is 5.56 Å². The molecule has 0 aliphatic carbocycles. The lowest BCUT2D eigenvalue weighted by molar-refractivity contribution is -0.115. The molecule has 0 radical (unpaired) electrons. The van der Waals surface area contributed by atoms with Gasteiger partial charge in [-0.1, -0.05) is 42.5 Å². The Bertz CT molecular complexity index is 1340. The molecule has 4 rings (SSSR count). The highest BCUT2D eigenvalue weighted by molar-refractivity contribution is 7.08. The average Bonchev–Trinajstić information content (AvgIpc) is 3.18. The fourth-order valence-electron chi connectivity index (χ4n) is 3.13. The van der Waals surface area contributed by atoms with Gasteiger partial charge in [-0.3, -0.25) is 9.59 Å². The van der Waals surface area contributed by atoms with Crippen LogP contribution in [0, 0.1) is 0 Å². The Labute approximate surface area is 173 Å². The Hall–Kier alpha value is -3.98. The summed E-state index contributed by atoms with van der Waals surface area (Å²) in [4.78, 5) is 41.9. The van der Waals surface area contributed by atoms with Gasteiger partial charge in [0.1, 0.15) is 5.82 Å². The molecule has 8 nitrogen and oxygen atoms in total. The highest BCUT2D eigenvalue weighted by atomic mass is 32.1. The number of hydrogen-bond acceptors (Lipinski definition) is 6. The minimum atomic E-state index is -1.53. The minimum absolute atomic E-state index is 0.0584. The number of amides is 1. The molecular weight excluding hydrogens is 406 g/mol. The van der Waals surface area contributed by atoms with Gasteiger partial charge in [-0.05, 0) is 16.3 Å². The maximum atomic E-state index is 12.7. The first-order valence-electron chi connectivity index (χ1n) is 8.83. The number of thiophene rings is 1. The van der Waals surface area contributed by atoms with Crippen LogP contribution < -0.4 is 10.9 Å². The summed E-state index contributed by atoms with van der Waals surface area (Å²) in [5.74, 6) is -2.83. The Morgan fingerprint density at radius 1 is 1.10 bits per heavy atom. The van der Waals surface area contributed by atoms with Crippen molar-refractivity contribution in [3.05, 3.63) is 74.8 Å². The van der Waals surface area contributed by atoms with Crippen molar-refractivity contribution in [3.63, 3.8) is 0 Å². The summed E-state index contributed by atoms with van der Waals surface area (Å²) in [5, 5.41) is 26.8. The van der Waals surface area contributed by atoms with E-state index in [-0.39, 0.29) is 18.2 Å². The molecule has 9 heteroatoms. The number of nitrogens with one attached hydrogen (secondary N) is 2. The number of benzene rings is 2. The summed E-state index contributed by atoms with van der Waals surface area (Å²) >= 11 is 1.25. The molecule has 2 heterocycles. The number of carbonyl (C=O) groups excluding carboxylic acids is 1. The van der Waals surface area contributed by atoms with Crippen molar-refractivity contribution < 1.29 is 19.8 Å². The molecule has 0 bridgehead atoms. The molecular formula is C21H15N3O5S. The van der Waals surface area contributed by atoms with E-state index in [4.69, 9.17) is 5.11 Å². The predicted octanol–water partition coefficient (Wildman–Crippen LogP) is 3.24. The van der Waals surface area contributed by atoms with Crippen molar-refractivity contribution in [2.45, 2.75) is 6.42 Å². The summed E-state index contributed by atoms with van der Waals surface area (Å²) in [5.41, 5.74) is -0.127. The third-order valence-electron chi connectivity index (χ3n) is 4.52. The quantitative estimate of drug-likeness (QED) is 0.391. The van der Waals surface area contributed by atoms with Gasteiger partial charge in [-0.15, -0.1) is 11.3 Å². The van der Waals surface area contributed by atoms with E-state index < -0.39 is 23.0 Å². The molecule has 4 N–H and O–H groups in total. The standard InChI is InChI=1S/C21H15N3O5S/c25-16(8-12-6-3-5-11-4-1-2-7-13(11)12)22-15-10-30-9-14(15)19-23-17(21(28)29)18(26)20(27)24-19/h1-7,9-10,26H,8H2,(H,22,25)(H,28,29)(H,23,24,27). The van der Waals surface area contributed by atoms with Gasteiger partial charge >= 0.3 is 5.97 Å². The monoisotopic (exact) mass is 421 g/mol. The Morgan fingerprint density at radius 2 is 1.87 bits per heavy atom. The number of carbonyl (C=O) groups is 2. The summed E-state index contributed by atoms with van der Waals surface area (Å²) in [6.45, 7) is 0. The molecule has 0 fully saturated rings. The first kappa shape index (κ1) is 19.3. The number of nitrogens with zero attached hydrogens (tertiary/aromatic N) is 1. The van der Waals surface area contributed by atoms with E-state index in [1.807, 2.05) is 42.5 Å². The third-order valence-corrected chi connectivity index (χ3v) is 5.26. The van der Waals surface area contributed by atoms with Crippen LogP contribution in [0.1, 0.15) is 16.1 Å². The average molecular weight is 421 g/mol. The SMILES string of the molecule is O=C(Cc1cccc2ccccc12)Nc1cscc1-c1nc(C(=O)O)c(O)c(=O)[nH]1. The summed E-state index contributed by atoms with van der Waals surface area (Å²) in [6.07, 6.45) is 0.135. The van der Waals surface area contributed by atoms with Gasteiger partial charge in [-0.25, -0.2) is 9.78 Å². The molecule has 0 aliphatic rings. The molecule has 1 amide bonds. The zero-order valence-corrected chi connectivity index (χ0v) is 16.2. The van der Waals surface area contributed by atoms with Crippen LogP contribution in [-0.4, -0.2) is 32.1 Å². The maximum absolute atomic E-state index is 12.7. The largest absolute Gasteiger partial charge is 0.501 e. The molecule has 30 heavy (non-hydrogen) atoms. The first-order chi connectivity index (χ1) is 14.4. The van der Waals surface area contributed by atoms with Gasteiger partial charge in [-0.2, -0.15) is 0 Å². The van der Waals surface area contributed by atoms with Gasteiger partial charge in [0, 0.05) is 10.8 Å². The van der Waals surface area contributed by atoms with E-state index in [0.29, 0.717) is 11.3 Å². The Morgan fingerprint density at radius 3 is 2.67 bits per heavy atom. The number of hydrogen-bond donors (Lipinski definition) is 4. The van der Waals surface area contributed by atoms with Crippen LogP contribution in [0.2, 0.25) is 0 Å². The van der Waals surface area contributed by atoms with Gasteiger partial charge in [0.15, 0.2) is 5.69 Å². The molecule has 2 aromatic carbocycles. The van der Waals surface area contributed by atoms with E-state index in [1.165, 1.54) is 11.3 Å². The normalized spacial score (nSPS) is 10.8. The Kier molecular flexibility index (Phi) is 5.03. The number of H-pyrrole nitrogens is 1. The number of rotatable bonds is 5. The highest BCUT2D eigenvalue weighted by Crippen LogP contribution is 2.30. The second-order valence-electron chi connectivity index (χ2n) is 6.48. The van der Waals surface area contributed by atoms with Crippen molar-refractivity contribution in [2.75, 3.05) is 5.32 Å². The van der Waals surface area contributed by atoms with Crippen LogP contribution >= 0.6 is 11.3 Å². The van der Waals surface area contributed by atoms with Crippen LogP contribution in [0.3, 0.4) is 0 Å². The highest BCUT2D eigenvalue weighted by Gasteiger charge is 2.20. The smallest absolute Gasteiger partial charge is 0.358 e. The molecule has 150 valence electrons. The number of fused-ring (bicyclic) bond motifs is 1. The van der Waals surface area contributed by atoms with Crippen molar-refractivity contribution in [2.24, 2.45) is 0 Å². The number of carboxylic acid groups (broad SMARTS) is 1. The van der Waals surface area contributed by atoms with E-state index in [9.17, 15) is 19.5 Å². The van der Waals surface area contributed by atoms with Gasteiger partial charge in [0.2, 0.25) is 11.7 Å². The van der Waals surface area contributed by atoms with Gasteiger partial charge < -0.3 is 20.5 Å². The van der Waals surface area contributed by atoms with Crippen LogP contribution in [-0.2, 0) is 11.2 Å². The second-order valence-corrected chi connectivity index (χ2v) is 7.22. The molecule has 0 spiro atoms. The van der Waals surface area contributed by atoms with Crippen LogP contribution in [0.25, 0.3) is 22.2 Å². The van der Waals surface area contributed by atoms with E-state index >= 15 is 0 Å². The number of carboxylic acids is 1. The van der Waals surface area contributed by atoms with Crippen molar-refractivity contribution in [3.8, 4) is 17.1 Å². The van der Waals surface area contributed by atoms with E-state index in [2.05, 4.69) is 15.3 Å². The lowest BCUT2D eigenvalue weighted by Gasteiger charge is -2.09. The van der Waals surface area contributed by atoms with Crippen LogP contribution in [0.4, 0.5) is 5.69 Å². The summed E-state index contributed by atoms with van der Waals surface area (Å²) in [7, 11) is 0. The number of aromatic nitrogens is 2.